The molecule has 142 valence electrons. The third kappa shape index (κ3) is 4.88. The van der Waals surface area contributed by atoms with Crippen LogP contribution in [0.2, 0.25) is 0 Å². The number of aromatic amines is 1. The Morgan fingerprint density at radius 3 is 2.63 bits per heavy atom. The molecular formula is C22H25FN2O2. The molecule has 0 atom stereocenters. The highest BCUT2D eigenvalue weighted by atomic mass is 19.1. The van der Waals surface area contributed by atoms with E-state index >= 15 is 0 Å². The maximum absolute atomic E-state index is 13.5. The predicted octanol–water partition coefficient (Wildman–Crippen LogP) is 4.30. The molecule has 0 bridgehead atoms. The van der Waals surface area contributed by atoms with Crippen LogP contribution in [-0.4, -0.2) is 23.5 Å². The summed E-state index contributed by atoms with van der Waals surface area (Å²) in [6.45, 7) is 6.45. The Balaban J connectivity index is 1.54. The maximum atomic E-state index is 13.5. The molecule has 0 aliphatic carbocycles. The van der Waals surface area contributed by atoms with E-state index in [1.807, 2.05) is 45.0 Å². The molecule has 27 heavy (non-hydrogen) atoms. The number of carbonyl (C=O) groups is 1. The van der Waals surface area contributed by atoms with Gasteiger partial charge in [-0.2, -0.15) is 0 Å². The number of H-pyrrole nitrogens is 1. The molecule has 3 aromatic rings. The van der Waals surface area contributed by atoms with E-state index < -0.39 is 0 Å². The SMILES string of the molecule is Cc1[nH]c2ccc(F)cc2c1CC(=O)NCCc1ccc(OC(C)C)cc1. The first-order valence-electron chi connectivity index (χ1n) is 9.21. The van der Waals surface area contributed by atoms with E-state index in [9.17, 15) is 9.18 Å². The van der Waals surface area contributed by atoms with Gasteiger partial charge in [0.15, 0.2) is 0 Å². The summed E-state index contributed by atoms with van der Waals surface area (Å²) in [4.78, 5) is 15.5. The van der Waals surface area contributed by atoms with E-state index in [1.165, 1.54) is 12.1 Å². The van der Waals surface area contributed by atoms with Crippen molar-refractivity contribution in [3.63, 3.8) is 0 Å². The van der Waals surface area contributed by atoms with Gasteiger partial charge in [0.2, 0.25) is 5.91 Å². The first-order valence-corrected chi connectivity index (χ1v) is 9.21. The molecule has 2 N–H and O–H groups in total. The lowest BCUT2D eigenvalue weighted by molar-refractivity contribution is -0.120. The third-order valence-corrected chi connectivity index (χ3v) is 4.45. The van der Waals surface area contributed by atoms with Crippen LogP contribution in [0, 0.1) is 12.7 Å². The van der Waals surface area contributed by atoms with Crippen LogP contribution in [-0.2, 0) is 17.6 Å². The standard InChI is InChI=1S/C22H25FN2O2/c1-14(2)27-18-7-4-16(5-8-18)10-11-24-22(26)13-19-15(3)25-21-9-6-17(23)12-20(19)21/h4-9,12,14,25H,10-11,13H2,1-3H3,(H,24,26). The van der Waals surface area contributed by atoms with Gasteiger partial charge in [-0.05, 0) is 68.7 Å². The number of hydrogen-bond acceptors (Lipinski definition) is 2. The monoisotopic (exact) mass is 368 g/mol. The number of hydrogen-bond donors (Lipinski definition) is 2. The van der Waals surface area contributed by atoms with Gasteiger partial charge in [0.05, 0.1) is 12.5 Å². The van der Waals surface area contributed by atoms with Gasteiger partial charge in [-0.15, -0.1) is 0 Å². The molecule has 0 radical (unpaired) electrons. The van der Waals surface area contributed by atoms with Gasteiger partial charge in [-0.25, -0.2) is 4.39 Å². The number of benzene rings is 2. The normalized spacial score (nSPS) is 11.1. The van der Waals surface area contributed by atoms with Crippen LogP contribution in [0.25, 0.3) is 10.9 Å². The van der Waals surface area contributed by atoms with Crippen molar-refractivity contribution in [2.45, 2.75) is 39.7 Å². The number of nitrogens with one attached hydrogen (secondary N) is 2. The fourth-order valence-corrected chi connectivity index (χ4v) is 3.16. The minimum absolute atomic E-state index is 0.0666. The quantitative estimate of drug-likeness (QED) is 0.653. The summed E-state index contributed by atoms with van der Waals surface area (Å²) in [5.74, 6) is 0.482. The summed E-state index contributed by atoms with van der Waals surface area (Å²) in [6.07, 6.45) is 1.13. The molecule has 1 heterocycles. The summed E-state index contributed by atoms with van der Waals surface area (Å²) in [5, 5.41) is 3.71. The van der Waals surface area contributed by atoms with E-state index in [-0.39, 0.29) is 24.2 Å². The van der Waals surface area contributed by atoms with E-state index in [0.29, 0.717) is 6.54 Å². The third-order valence-electron chi connectivity index (χ3n) is 4.45. The molecule has 0 saturated carbocycles. The number of ether oxygens (including phenoxy) is 1. The van der Waals surface area contributed by atoms with Gasteiger partial charge in [-0.3, -0.25) is 4.79 Å². The zero-order valence-corrected chi connectivity index (χ0v) is 15.9. The van der Waals surface area contributed by atoms with E-state index in [2.05, 4.69) is 10.3 Å². The van der Waals surface area contributed by atoms with Crippen molar-refractivity contribution in [3.05, 3.63) is 65.1 Å². The second-order valence-electron chi connectivity index (χ2n) is 7.01. The maximum Gasteiger partial charge on any atom is 0.224 e. The van der Waals surface area contributed by atoms with E-state index in [4.69, 9.17) is 4.74 Å². The Morgan fingerprint density at radius 2 is 1.93 bits per heavy atom. The van der Waals surface area contributed by atoms with Gasteiger partial charge in [0, 0.05) is 23.1 Å². The largest absolute Gasteiger partial charge is 0.491 e. The Labute approximate surface area is 158 Å². The molecule has 3 rings (SSSR count). The van der Waals surface area contributed by atoms with Crippen LogP contribution >= 0.6 is 0 Å². The van der Waals surface area contributed by atoms with Crippen molar-refractivity contribution < 1.29 is 13.9 Å². The minimum atomic E-state index is -0.298. The molecule has 0 unspecified atom stereocenters. The Hall–Kier alpha value is -2.82. The van der Waals surface area contributed by atoms with Crippen LogP contribution in [0.15, 0.2) is 42.5 Å². The number of aromatic nitrogens is 1. The molecule has 4 nitrogen and oxygen atoms in total. The number of halogens is 1. The van der Waals surface area contributed by atoms with Crippen molar-refractivity contribution >= 4 is 16.8 Å². The fourth-order valence-electron chi connectivity index (χ4n) is 3.16. The van der Waals surface area contributed by atoms with Gasteiger partial charge < -0.3 is 15.0 Å². The average molecular weight is 368 g/mol. The van der Waals surface area contributed by atoms with Crippen molar-refractivity contribution in [1.29, 1.82) is 0 Å². The molecule has 0 aliphatic rings. The molecule has 1 amide bonds. The summed E-state index contributed by atoms with van der Waals surface area (Å²) >= 11 is 0. The number of fused-ring (bicyclic) bond motifs is 1. The second kappa shape index (κ2) is 8.25. The highest BCUT2D eigenvalue weighted by molar-refractivity contribution is 5.90. The molecule has 2 aromatic carbocycles. The van der Waals surface area contributed by atoms with Crippen LogP contribution in [0.4, 0.5) is 4.39 Å². The van der Waals surface area contributed by atoms with Gasteiger partial charge in [-0.1, -0.05) is 12.1 Å². The highest BCUT2D eigenvalue weighted by Gasteiger charge is 2.13. The predicted molar refractivity (Wildman–Crippen MR) is 106 cm³/mol. The molecule has 0 saturated heterocycles. The molecular weight excluding hydrogens is 343 g/mol. The number of rotatable bonds is 7. The zero-order valence-electron chi connectivity index (χ0n) is 15.9. The molecule has 0 fully saturated rings. The lowest BCUT2D eigenvalue weighted by Crippen LogP contribution is -2.27. The molecule has 0 aliphatic heterocycles. The molecule has 1 aromatic heterocycles. The first-order chi connectivity index (χ1) is 12.9. The molecule has 5 heteroatoms. The lowest BCUT2D eigenvalue weighted by atomic mass is 10.1. The summed E-state index contributed by atoms with van der Waals surface area (Å²) < 4.78 is 19.2. The Bertz CT molecular complexity index is 929. The first kappa shape index (κ1) is 19.0. The smallest absolute Gasteiger partial charge is 0.224 e. The zero-order chi connectivity index (χ0) is 19.4. The average Bonchev–Trinajstić information content (AvgIpc) is 2.91. The second-order valence-corrected chi connectivity index (χ2v) is 7.01. The van der Waals surface area contributed by atoms with Crippen molar-refractivity contribution in [2.75, 3.05) is 6.54 Å². The topological polar surface area (TPSA) is 54.1 Å². The number of carbonyl (C=O) groups excluding carboxylic acids is 1. The fraction of sp³-hybridized carbons (Fsp3) is 0.318. The molecule has 0 spiro atoms. The number of amides is 1. The van der Waals surface area contributed by atoms with Crippen LogP contribution in [0.1, 0.15) is 30.7 Å². The summed E-state index contributed by atoms with van der Waals surface area (Å²) in [5.41, 5.74) is 3.72. The summed E-state index contributed by atoms with van der Waals surface area (Å²) in [6, 6.07) is 12.5. The van der Waals surface area contributed by atoms with Crippen LogP contribution in [0.5, 0.6) is 5.75 Å². The highest BCUT2D eigenvalue weighted by Crippen LogP contribution is 2.23. The number of aryl methyl sites for hydroxylation is 1. The summed E-state index contributed by atoms with van der Waals surface area (Å²) in [7, 11) is 0. The van der Waals surface area contributed by atoms with Crippen molar-refractivity contribution in [2.24, 2.45) is 0 Å². The van der Waals surface area contributed by atoms with Gasteiger partial charge >= 0.3 is 0 Å². The van der Waals surface area contributed by atoms with Crippen molar-refractivity contribution in [3.8, 4) is 5.75 Å². The minimum Gasteiger partial charge on any atom is -0.491 e. The van der Waals surface area contributed by atoms with Crippen molar-refractivity contribution in [1.82, 2.24) is 10.3 Å². The van der Waals surface area contributed by atoms with E-state index in [1.54, 1.807) is 6.07 Å². The van der Waals surface area contributed by atoms with Crippen LogP contribution in [0.3, 0.4) is 0 Å². The Morgan fingerprint density at radius 1 is 1.19 bits per heavy atom. The van der Waals surface area contributed by atoms with Gasteiger partial charge in [0.25, 0.3) is 0 Å². The van der Waals surface area contributed by atoms with Gasteiger partial charge in [0.1, 0.15) is 11.6 Å². The lowest BCUT2D eigenvalue weighted by Gasteiger charge is -2.10. The van der Waals surface area contributed by atoms with E-state index in [0.717, 1.165) is 39.9 Å². The Kier molecular flexibility index (Phi) is 5.79. The van der Waals surface area contributed by atoms with Crippen LogP contribution < -0.4 is 10.1 Å².